The minimum atomic E-state index is -0.173. The van der Waals surface area contributed by atoms with Gasteiger partial charge >= 0.3 is 0 Å². The van der Waals surface area contributed by atoms with Crippen molar-refractivity contribution in [1.82, 2.24) is 9.80 Å². The van der Waals surface area contributed by atoms with Crippen molar-refractivity contribution in [2.45, 2.75) is 40.2 Å². The Morgan fingerprint density at radius 3 is 2.55 bits per heavy atom. The summed E-state index contributed by atoms with van der Waals surface area (Å²) in [7, 11) is 0. The van der Waals surface area contributed by atoms with E-state index >= 15 is 0 Å². The van der Waals surface area contributed by atoms with E-state index in [4.69, 9.17) is 16.3 Å². The van der Waals surface area contributed by atoms with Gasteiger partial charge in [-0.25, -0.2) is 0 Å². The second-order valence-corrected chi connectivity index (χ2v) is 10.1. The van der Waals surface area contributed by atoms with Gasteiger partial charge in [0.05, 0.1) is 12.6 Å². The maximum absolute atomic E-state index is 13.4. The molecule has 0 aliphatic carbocycles. The summed E-state index contributed by atoms with van der Waals surface area (Å²) in [4.78, 5) is 31.0. The fourth-order valence-corrected chi connectivity index (χ4v) is 4.93. The first-order valence-electron chi connectivity index (χ1n) is 10.8. The molecular formula is C24H31ClN2O3S. The van der Waals surface area contributed by atoms with Crippen LogP contribution >= 0.6 is 22.9 Å². The number of nitrogens with zero attached hydrogens (tertiary/aromatic N) is 2. The van der Waals surface area contributed by atoms with Crippen LogP contribution < -0.4 is 4.74 Å². The number of amides is 2. The molecule has 168 valence electrons. The van der Waals surface area contributed by atoms with Crippen LogP contribution in [0.2, 0.25) is 5.02 Å². The second-order valence-electron chi connectivity index (χ2n) is 8.68. The summed E-state index contributed by atoms with van der Waals surface area (Å²) in [5.41, 5.74) is 1.14. The third-order valence-electron chi connectivity index (χ3n) is 5.35. The molecule has 2 heterocycles. The summed E-state index contributed by atoms with van der Waals surface area (Å²) in [5.74, 6) is 0.862. The lowest BCUT2D eigenvalue weighted by Gasteiger charge is -2.37. The SMILES string of the molecule is CC(C)CN(CC(=O)N1CCc2sccc2[C@@H]1COc1ccc(Cl)cc1)C(=O)C(C)C. The van der Waals surface area contributed by atoms with Crippen molar-refractivity contribution in [3.63, 3.8) is 0 Å². The van der Waals surface area contributed by atoms with Gasteiger partial charge in [0, 0.05) is 28.9 Å². The van der Waals surface area contributed by atoms with E-state index < -0.39 is 0 Å². The van der Waals surface area contributed by atoms with Gasteiger partial charge in [-0.15, -0.1) is 11.3 Å². The minimum absolute atomic E-state index is 0.0178. The van der Waals surface area contributed by atoms with Crippen LogP contribution in [0.15, 0.2) is 35.7 Å². The number of thiophene rings is 1. The molecule has 5 nitrogen and oxygen atoms in total. The molecular weight excluding hydrogens is 432 g/mol. The van der Waals surface area contributed by atoms with Gasteiger partial charge in [0.25, 0.3) is 0 Å². The first-order valence-corrected chi connectivity index (χ1v) is 12.0. The quantitative estimate of drug-likeness (QED) is 0.551. The van der Waals surface area contributed by atoms with Crippen molar-refractivity contribution in [3.8, 4) is 5.75 Å². The van der Waals surface area contributed by atoms with Crippen molar-refractivity contribution < 1.29 is 14.3 Å². The fraction of sp³-hybridized carbons (Fsp3) is 0.500. The molecule has 1 aliphatic rings. The average molecular weight is 463 g/mol. The number of fused-ring (bicyclic) bond motifs is 1. The van der Waals surface area contributed by atoms with E-state index in [9.17, 15) is 9.59 Å². The molecule has 0 radical (unpaired) electrons. The van der Waals surface area contributed by atoms with Crippen molar-refractivity contribution in [3.05, 3.63) is 51.2 Å². The topological polar surface area (TPSA) is 49.9 Å². The lowest BCUT2D eigenvalue weighted by atomic mass is 10.00. The van der Waals surface area contributed by atoms with Gasteiger partial charge in [-0.05, 0) is 53.6 Å². The summed E-state index contributed by atoms with van der Waals surface area (Å²) < 4.78 is 6.03. The maximum atomic E-state index is 13.4. The predicted octanol–water partition coefficient (Wildman–Crippen LogP) is 5.05. The number of benzene rings is 1. The molecule has 0 bridgehead atoms. The van der Waals surface area contributed by atoms with Gasteiger partial charge in [0.15, 0.2) is 0 Å². The minimum Gasteiger partial charge on any atom is -0.491 e. The summed E-state index contributed by atoms with van der Waals surface area (Å²) >= 11 is 7.69. The molecule has 0 saturated heterocycles. The van der Waals surface area contributed by atoms with Gasteiger partial charge in [-0.1, -0.05) is 39.3 Å². The maximum Gasteiger partial charge on any atom is 0.242 e. The van der Waals surface area contributed by atoms with Crippen LogP contribution in [0.5, 0.6) is 5.75 Å². The molecule has 7 heteroatoms. The zero-order valence-electron chi connectivity index (χ0n) is 18.6. The van der Waals surface area contributed by atoms with Crippen LogP contribution in [0.4, 0.5) is 0 Å². The van der Waals surface area contributed by atoms with Crippen molar-refractivity contribution in [2.24, 2.45) is 11.8 Å². The zero-order valence-corrected chi connectivity index (χ0v) is 20.2. The highest BCUT2D eigenvalue weighted by Crippen LogP contribution is 2.34. The van der Waals surface area contributed by atoms with E-state index in [2.05, 4.69) is 25.3 Å². The summed E-state index contributed by atoms with van der Waals surface area (Å²) in [6.45, 7) is 9.55. The number of halogens is 1. The predicted molar refractivity (Wildman–Crippen MR) is 126 cm³/mol. The number of hydrogen-bond acceptors (Lipinski definition) is 4. The monoisotopic (exact) mass is 462 g/mol. The van der Waals surface area contributed by atoms with Crippen LogP contribution in [0, 0.1) is 11.8 Å². The molecule has 0 N–H and O–H groups in total. The third-order valence-corrected chi connectivity index (χ3v) is 6.60. The molecule has 0 spiro atoms. The average Bonchev–Trinajstić information content (AvgIpc) is 3.20. The molecule has 1 aliphatic heterocycles. The highest BCUT2D eigenvalue weighted by molar-refractivity contribution is 7.10. The van der Waals surface area contributed by atoms with E-state index in [-0.39, 0.29) is 30.3 Å². The Labute approximate surface area is 193 Å². The highest BCUT2D eigenvalue weighted by atomic mass is 35.5. The van der Waals surface area contributed by atoms with Gasteiger partial charge < -0.3 is 14.5 Å². The Bertz CT molecular complexity index is 894. The normalized spacial score (nSPS) is 15.8. The number of rotatable bonds is 8. The van der Waals surface area contributed by atoms with E-state index in [0.717, 1.165) is 17.7 Å². The zero-order chi connectivity index (χ0) is 22.5. The van der Waals surface area contributed by atoms with Gasteiger partial charge in [-0.3, -0.25) is 9.59 Å². The molecule has 1 atom stereocenters. The molecule has 31 heavy (non-hydrogen) atoms. The molecule has 2 aromatic rings. The van der Waals surface area contributed by atoms with Gasteiger partial charge in [-0.2, -0.15) is 0 Å². The van der Waals surface area contributed by atoms with Gasteiger partial charge in [0.2, 0.25) is 11.8 Å². The number of carbonyl (C=O) groups excluding carboxylic acids is 2. The van der Waals surface area contributed by atoms with Crippen molar-refractivity contribution in [2.75, 3.05) is 26.2 Å². The van der Waals surface area contributed by atoms with Crippen LogP contribution in [-0.4, -0.2) is 47.9 Å². The first-order chi connectivity index (χ1) is 14.8. The smallest absolute Gasteiger partial charge is 0.242 e. The number of ether oxygens (including phenoxy) is 1. The molecule has 1 aromatic heterocycles. The Morgan fingerprint density at radius 2 is 1.90 bits per heavy atom. The Hall–Kier alpha value is -2.05. The van der Waals surface area contributed by atoms with Crippen molar-refractivity contribution >= 4 is 34.8 Å². The van der Waals surface area contributed by atoms with E-state index in [1.54, 1.807) is 28.4 Å². The lowest BCUT2D eigenvalue weighted by molar-refractivity contribution is -0.144. The second kappa shape index (κ2) is 10.5. The lowest BCUT2D eigenvalue weighted by Crippen LogP contribution is -2.49. The number of carbonyl (C=O) groups is 2. The third kappa shape index (κ3) is 6.01. The molecule has 3 rings (SSSR count). The molecule has 0 saturated carbocycles. The Kier molecular flexibility index (Phi) is 8.00. The molecule has 0 unspecified atom stereocenters. The van der Waals surface area contributed by atoms with Crippen LogP contribution in [0.1, 0.15) is 44.2 Å². The standard InChI is InChI=1S/C24H31ClN2O3S/c1-16(2)13-26(24(29)17(3)4)14-23(28)27-11-9-22-20(10-12-31-22)21(27)15-30-19-7-5-18(25)6-8-19/h5-8,10,12,16-17,21H,9,11,13-15H2,1-4H3/t21-/m0/s1. The molecule has 2 amide bonds. The van der Waals surface area contributed by atoms with Crippen LogP contribution in [-0.2, 0) is 16.0 Å². The van der Waals surface area contributed by atoms with Gasteiger partial charge in [0.1, 0.15) is 12.4 Å². The van der Waals surface area contributed by atoms with Crippen LogP contribution in [0.3, 0.4) is 0 Å². The Morgan fingerprint density at radius 1 is 1.19 bits per heavy atom. The van der Waals surface area contributed by atoms with E-state index in [1.165, 1.54) is 4.88 Å². The van der Waals surface area contributed by atoms with E-state index in [1.807, 2.05) is 30.9 Å². The summed E-state index contributed by atoms with van der Waals surface area (Å²) in [5, 5.41) is 2.73. The highest BCUT2D eigenvalue weighted by Gasteiger charge is 2.33. The Balaban J connectivity index is 1.77. The summed E-state index contributed by atoms with van der Waals surface area (Å²) in [6.07, 6.45) is 0.832. The van der Waals surface area contributed by atoms with E-state index in [0.29, 0.717) is 30.6 Å². The molecule has 0 fully saturated rings. The van der Waals surface area contributed by atoms with Crippen molar-refractivity contribution in [1.29, 1.82) is 0 Å². The molecule has 1 aromatic carbocycles. The first kappa shape index (κ1) is 23.6. The summed E-state index contributed by atoms with van der Waals surface area (Å²) in [6, 6.07) is 9.15. The van der Waals surface area contributed by atoms with Crippen LogP contribution in [0.25, 0.3) is 0 Å². The largest absolute Gasteiger partial charge is 0.491 e. The fourth-order valence-electron chi connectivity index (χ4n) is 3.87. The number of hydrogen-bond donors (Lipinski definition) is 0.